The van der Waals surface area contributed by atoms with Crippen LogP contribution in [0.15, 0.2) is 30.3 Å². The second-order valence-corrected chi connectivity index (χ2v) is 15.7. The topological polar surface area (TPSA) is 20.2 Å². The molecule has 1 aliphatic rings. The maximum Gasteiger partial charge on any atom is 0.0552 e. The third-order valence-electron chi connectivity index (χ3n) is 9.85. The van der Waals surface area contributed by atoms with Gasteiger partial charge in [-0.15, -0.1) is 0 Å². The Kier molecular flexibility index (Phi) is 8.85. The Morgan fingerprint density at radius 3 is 1.26 bits per heavy atom. The summed E-state index contributed by atoms with van der Waals surface area (Å²) in [6.07, 6.45) is 1.62. The number of hydrogen-bond acceptors (Lipinski definition) is 1. The quantitative estimate of drug-likeness (QED) is 0.318. The molecule has 1 N–H and O–H groups in total. The van der Waals surface area contributed by atoms with E-state index in [1.54, 1.807) is 5.30 Å². The van der Waals surface area contributed by atoms with Gasteiger partial charge in [-0.25, -0.2) is 0 Å². The van der Waals surface area contributed by atoms with E-state index in [2.05, 4.69) is 113 Å². The molecule has 0 spiro atoms. The minimum atomic E-state index is -0.536. The van der Waals surface area contributed by atoms with Crippen molar-refractivity contribution in [3.05, 3.63) is 74.8 Å². The van der Waals surface area contributed by atoms with Crippen molar-refractivity contribution in [3.63, 3.8) is 0 Å². The normalized spacial score (nSPS) is 21.7. The SMILES string of the molecule is Cc1cc(C)c(C)c(-c2cccc(-c3c(C)c(C)cc(C)c3C)c2P2C(C(C)C)CC(O)CC2C(C)C)c1C. The first-order chi connectivity index (χ1) is 18.3. The number of aliphatic hydroxyl groups is 1. The first-order valence-corrected chi connectivity index (χ1v) is 16.5. The highest BCUT2D eigenvalue weighted by Crippen LogP contribution is 2.60. The zero-order valence-corrected chi connectivity index (χ0v) is 27.5. The van der Waals surface area contributed by atoms with Gasteiger partial charge in [0.15, 0.2) is 0 Å². The summed E-state index contributed by atoms with van der Waals surface area (Å²) >= 11 is 0. The summed E-state index contributed by atoms with van der Waals surface area (Å²) in [5.41, 5.74) is 17.8. The molecule has 2 unspecified atom stereocenters. The minimum absolute atomic E-state index is 0.200. The third kappa shape index (κ3) is 5.39. The van der Waals surface area contributed by atoms with E-state index in [9.17, 15) is 5.11 Å². The summed E-state index contributed by atoms with van der Waals surface area (Å²) < 4.78 is 0. The Morgan fingerprint density at radius 1 is 0.615 bits per heavy atom. The van der Waals surface area contributed by atoms with Crippen molar-refractivity contribution < 1.29 is 5.11 Å². The van der Waals surface area contributed by atoms with E-state index in [1.807, 2.05) is 0 Å². The largest absolute Gasteiger partial charge is 0.393 e. The van der Waals surface area contributed by atoms with Crippen LogP contribution in [-0.4, -0.2) is 22.5 Å². The van der Waals surface area contributed by atoms with E-state index in [0.717, 1.165) is 12.8 Å². The molecule has 1 heterocycles. The molecule has 4 rings (SSSR count). The zero-order chi connectivity index (χ0) is 28.9. The number of hydrogen-bond donors (Lipinski definition) is 1. The predicted molar refractivity (Wildman–Crippen MR) is 174 cm³/mol. The Hall–Kier alpha value is -1.95. The monoisotopic (exact) mass is 542 g/mol. The molecule has 0 saturated carbocycles. The molecule has 0 bridgehead atoms. The minimum Gasteiger partial charge on any atom is -0.393 e. The molecule has 2 heteroatoms. The van der Waals surface area contributed by atoms with Crippen LogP contribution in [0.4, 0.5) is 0 Å². The van der Waals surface area contributed by atoms with Gasteiger partial charge in [0.2, 0.25) is 0 Å². The van der Waals surface area contributed by atoms with Crippen molar-refractivity contribution in [2.24, 2.45) is 11.8 Å². The fourth-order valence-electron chi connectivity index (χ4n) is 7.11. The van der Waals surface area contributed by atoms with Crippen molar-refractivity contribution in [1.29, 1.82) is 0 Å². The molecule has 0 amide bonds. The summed E-state index contributed by atoms with van der Waals surface area (Å²) in [5, 5.41) is 12.7. The van der Waals surface area contributed by atoms with E-state index in [-0.39, 0.29) is 6.10 Å². The average molecular weight is 543 g/mol. The van der Waals surface area contributed by atoms with Crippen LogP contribution in [-0.2, 0) is 0 Å². The molecule has 210 valence electrons. The molecule has 1 aliphatic heterocycles. The van der Waals surface area contributed by atoms with Crippen molar-refractivity contribution >= 4 is 13.2 Å². The number of aryl methyl sites for hydroxylation is 4. The lowest BCUT2D eigenvalue weighted by molar-refractivity contribution is 0.135. The molecule has 0 aliphatic carbocycles. The molecule has 2 atom stereocenters. The molecule has 3 aromatic rings. The van der Waals surface area contributed by atoms with Crippen molar-refractivity contribution in [3.8, 4) is 22.3 Å². The standard InChI is InChI=1S/C37H51OP/c1-20(2)33-18-30(38)19-34(21(3)4)39(33)37-31(35-26(9)22(5)16-23(6)27(35)10)14-13-15-32(37)36-28(11)24(7)17-25(8)29(36)12/h13-17,20-21,30,33-34,38H,18-19H2,1-12H3. The molecular weight excluding hydrogens is 491 g/mol. The van der Waals surface area contributed by atoms with E-state index in [1.165, 1.54) is 66.8 Å². The lowest BCUT2D eigenvalue weighted by Gasteiger charge is -2.46. The number of benzene rings is 3. The molecule has 1 fully saturated rings. The highest BCUT2D eigenvalue weighted by molar-refractivity contribution is 7.67. The van der Waals surface area contributed by atoms with Gasteiger partial charge in [-0.3, -0.25) is 0 Å². The van der Waals surface area contributed by atoms with Crippen LogP contribution < -0.4 is 5.30 Å². The number of rotatable bonds is 5. The van der Waals surface area contributed by atoms with E-state index < -0.39 is 7.92 Å². The van der Waals surface area contributed by atoms with Gasteiger partial charge in [-0.1, -0.05) is 65.9 Å². The van der Waals surface area contributed by atoms with E-state index >= 15 is 0 Å². The van der Waals surface area contributed by atoms with Gasteiger partial charge in [-0.2, -0.15) is 0 Å². The Labute approximate surface area is 240 Å². The molecule has 0 radical (unpaired) electrons. The second kappa shape index (κ2) is 11.5. The maximum absolute atomic E-state index is 11.1. The van der Waals surface area contributed by atoms with Crippen LogP contribution in [0, 0.1) is 67.2 Å². The van der Waals surface area contributed by atoms with Crippen LogP contribution in [0.2, 0.25) is 0 Å². The predicted octanol–water partition coefficient (Wildman–Crippen LogP) is 9.80. The lowest BCUT2D eigenvalue weighted by Crippen LogP contribution is -2.40. The lowest BCUT2D eigenvalue weighted by atomic mass is 9.85. The van der Waals surface area contributed by atoms with Gasteiger partial charge in [0.25, 0.3) is 0 Å². The fraction of sp³-hybridized carbons (Fsp3) is 0.514. The van der Waals surface area contributed by atoms with Gasteiger partial charge in [-0.05, 0) is 163 Å². The summed E-state index contributed by atoms with van der Waals surface area (Å²) in [6.45, 7) is 27.9. The van der Waals surface area contributed by atoms with Gasteiger partial charge in [0, 0.05) is 0 Å². The summed E-state index contributed by atoms with van der Waals surface area (Å²) in [7, 11) is -0.536. The first-order valence-electron chi connectivity index (χ1n) is 15.0. The van der Waals surface area contributed by atoms with E-state index in [4.69, 9.17) is 0 Å². The summed E-state index contributed by atoms with van der Waals surface area (Å²) in [4.78, 5) is 0. The first kappa shape index (κ1) is 30.0. The molecule has 39 heavy (non-hydrogen) atoms. The summed E-state index contributed by atoms with van der Waals surface area (Å²) in [6, 6.07) is 11.9. The van der Waals surface area contributed by atoms with Gasteiger partial charge >= 0.3 is 0 Å². The average Bonchev–Trinajstić information content (AvgIpc) is 2.86. The number of aliphatic hydroxyl groups excluding tert-OH is 1. The van der Waals surface area contributed by atoms with Gasteiger partial charge in [0.1, 0.15) is 0 Å². The molecule has 0 aromatic heterocycles. The van der Waals surface area contributed by atoms with Crippen LogP contribution in [0.1, 0.15) is 85.0 Å². The van der Waals surface area contributed by atoms with Crippen LogP contribution >= 0.6 is 7.92 Å². The second-order valence-electron chi connectivity index (χ2n) is 13.1. The van der Waals surface area contributed by atoms with Gasteiger partial charge < -0.3 is 5.11 Å². The third-order valence-corrected chi connectivity index (χ3v) is 13.9. The Morgan fingerprint density at radius 2 is 0.949 bits per heavy atom. The van der Waals surface area contributed by atoms with Gasteiger partial charge in [0.05, 0.1) is 6.10 Å². The van der Waals surface area contributed by atoms with Crippen LogP contribution in [0.3, 0.4) is 0 Å². The van der Waals surface area contributed by atoms with Crippen molar-refractivity contribution in [1.82, 2.24) is 0 Å². The van der Waals surface area contributed by atoms with Crippen LogP contribution in [0.5, 0.6) is 0 Å². The van der Waals surface area contributed by atoms with Crippen molar-refractivity contribution in [2.45, 2.75) is 113 Å². The van der Waals surface area contributed by atoms with E-state index in [0.29, 0.717) is 23.2 Å². The molecule has 1 saturated heterocycles. The smallest absolute Gasteiger partial charge is 0.0552 e. The molecule has 3 aromatic carbocycles. The fourth-order valence-corrected chi connectivity index (χ4v) is 11.4. The highest BCUT2D eigenvalue weighted by Gasteiger charge is 2.42. The molecular formula is C37H51OP. The summed E-state index contributed by atoms with van der Waals surface area (Å²) in [5.74, 6) is 1.05. The Bertz CT molecular complexity index is 1230. The Balaban J connectivity index is 2.21. The zero-order valence-electron chi connectivity index (χ0n) is 26.6. The molecule has 1 nitrogen and oxygen atoms in total. The highest BCUT2D eigenvalue weighted by atomic mass is 31.1. The van der Waals surface area contributed by atoms with Crippen molar-refractivity contribution in [2.75, 3.05) is 0 Å². The van der Waals surface area contributed by atoms with Crippen LogP contribution in [0.25, 0.3) is 22.3 Å². The maximum atomic E-state index is 11.1.